The number of rotatable bonds is 11. The molecule has 0 radical (unpaired) electrons. The van der Waals surface area contributed by atoms with E-state index in [4.69, 9.17) is 40.6 Å². The molecule has 2 N–H and O–H groups in total. The molecule has 0 saturated carbocycles. The van der Waals surface area contributed by atoms with Gasteiger partial charge in [-0.2, -0.15) is 4.98 Å². The molecular formula is C34H35ClN6O6S. The van der Waals surface area contributed by atoms with Gasteiger partial charge in [0.2, 0.25) is 11.1 Å². The van der Waals surface area contributed by atoms with Crippen LogP contribution < -0.4 is 24.8 Å². The molecule has 1 fully saturated rings. The molecule has 0 spiro atoms. The number of morpholine rings is 1. The number of hydrogen-bond donors (Lipinski definition) is 2. The molecule has 4 aromatic rings. The maximum absolute atomic E-state index is 14.1. The summed E-state index contributed by atoms with van der Waals surface area (Å²) in [6.07, 6.45) is 0. The van der Waals surface area contributed by atoms with Gasteiger partial charge < -0.3 is 34.5 Å². The number of ether oxygens (including phenoxy) is 4. The van der Waals surface area contributed by atoms with Crippen molar-refractivity contribution in [2.45, 2.75) is 23.9 Å². The molecule has 1 aromatic heterocycles. The maximum Gasteiger partial charge on any atom is 0.260 e. The maximum atomic E-state index is 14.1. The van der Waals surface area contributed by atoms with Gasteiger partial charge in [0.1, 0.15) is 11.8 Å². The van der Waals surface area contributed by atoms with Crippen LogP contribution in [0.2, 0.25) is 5.02 Å². The van der Waals surface area contributed by atoms with E-state index in [1.807, 2.05) is 49.4 Å². The summed E-state index contributed by atoms with van der Waals surface area (Å²) >= 11 is 7.83. The molecule has 12 nitrogen and oxygen atoms in total. The molecule has 2 aliphatic rings. The number of carbonyl (C=O) groups excluding carboxylic acids is 2. The number of thioether (sulfide) groups is 1. The smallest absolute Gasteiger partial charge is 0.260 e. The van der Waals surface area contributed by atoms with Gasteiger partial charge in [-0.3, -0.25) is 9.59 Å². The van der Waals surface area contributed by atoms with E-state index in [0.29, 0.717) is 88.0 Å². The number of nitrogens with zero attached hydrogens (tertiary/aromatic N) is 4. The minimum atomic E-state index is -0.698. The third-order valence-corrected chi connectivity index (χ3v) is 9.22. The highest BCUT2D eigenvalue weighted by atomic mass is 35.5. The van der Waals surface area contributed by atoms with E-state index in [9.17, 15) is 9.59 Å². The largest absolute Gasteiger partial charge is 0.495 e. The summed E-state index contributed by atoms with van der Waals surface area (Å²) < 4.78 is 24.1. The Kier molecular flexibility index (Phi) is 10.4. The van der Waals surface area contributed by atoms with Crippen molar-refractivity contribution in [3.63, 3.8) is 0 Å². The van der Waals surface area contributed by atoms with Crippen LogP contribution in [-0.2, 0) is 20.1 Å². The molecule has 1 atom stereocenters. The molecule has 250 valence electrons. The first kappa shape index (κ1) is 33.2. The van der Waals surface area contributed by atoms with Crippen molar-refractivity contribution in [3.8, 4) is 17.2 Å². The molecule has 3 aromatic carbocycles. The van der Waals surface area contributed by atoms with Crippen LogP contribution in [0.15, 0.2) is 83.2 Å². The van der Waals surface area contributed by atoms with Crippen molar-refractivity contribution >= 4 is 46.8 Å². The lowest BCUT2D eigenvalue weighted by molar-refractivity contribution is -0.137. The predicted octanol–water partition coefficient (Wildman–Crippen LogP) is 5.41. The Morgan fingerprint density at radius 3 is 2.54 bits per heavy atom. The summed E-state index contributed by atoms with van der Waals surface area (Å²) in [5.74, 6) is 1.87. The average Bonchev–Trinajstić information content (AvgIpc) is 3.52. The van der Waals surface area contributed by atoms with Crippen LogP contribution in [-0.4, -0.2) is 78.6 Å². The second-order valence-corrected chi connectivity index (χ2v) is 12.3. The molecule has 48 heavy (non-hydrogen) atoms. The van der Waals surface area contributed by atoms with Crippen LogP contribution in [0.3, 0.4) is 0 Å². The Balaban J connectivity index is 1.32. The highest BCUT2D eigenvalue weighted by Gasteiger charge is 2.35. The Labute approximate surface area is 287 Å². The Bertz CT molecular complexity index is 1840. The number of aromatic nitrogens is 3. The van der Waals surface area contributed by atoms with Crippen LogP contribution in [0, 0.1) is 0 Å². The fraction of sp³-hybridized carbons (Fsp3) is 0.294. The van der Waals surface area contributed by atoms with Crippen molar-refractivity contribution < 1.29 is 28.5 Å². The topological polar surface area (TPSA) is 129 Å². The molecule has 2 amide bonds. The summed E-state index contributed by atoms with van der Waals surface area (Å²) in [6, 6.07) is 19.5. The second-order valence-electron chi connectivity index (χ2n) is 11.0. The first-order chi connectivity index (χ1) is 23.4. The number of allylic oxidation sites excluding steroid dienone is 1. The minimum absolute atomic E-state index is 0.134. The minimum Gasteiger partial charge on any atom is -0.495 e. The van der Waals surface area contributed by atoms with Crippen molar-refractivity contribution in [3.05, 3.63) is 94.1 Å². The molecule has 1 saturated heterocycles. The summed E-state index contributed by atoms with van der Waals surface area (Å²) in [6.45, 7) is 3.74. The lowest BCUT2D eigenvalue weighted by atomic mass is 9.94. The Morgan fingerprint density at radius 2 is 1.77 bits per heavy atom. The van der Waals surface area contributed by atoms with Crippen LogP contribution in [0.5, 0.6) is 17.2 Å². The molecule has 6 rings (SSSR count). The summed E-state index contributed by atoms with van der Waals surface area (Å²) in [5, 5.41) is 12.3. The van der Waals surface area contributed by atoms with Crippen LogP contribution >= 0.6 is 23.4 Å². The zero-order chi connectivity index (χ0) is 33.6. The fourth-order valence-electron chi connectivity index (χ4n) is 5.51. The number of para-hydroxylation sites is 2. The van der Waals surface area contributed by atoms with Gasteiger partial charge in [0.15, 0.2) is 18.1 Å². The monoisotopic (exact) mass is 690 g/mol. The third kappa shape index (κ3) is 7.23. The van der Waals surface area contributed by atoms with Crippen LogP contribution in [0.4, 0.5) is 11.6 Å². The lowest BCUT2D eigenvalue weighted by Crippen LogP contribution is -2.43. The predicted molar refractivity (Wildman–Crippen MR) is 183 cm³/mol. The molecule has 0 bridgehead atoms. The standard InChI is InChI=1S/C34H35ClN6O6S/c1-21-30(32(43)37-25-10-6-7-11-26(25)44-2)31(41-33(36-21)38-34(39-41)48-20-23-8-4-5-9-24(23)35)22-12-13-27(28(18-22)45-3)47-19-29(42)40-14-16-46-17-15-40/h4-13,18,31H,14-17,19-20H2,1-3H3,(H,37,43)(H,36,38,39). The first-order valence-electron chi connectivity index (χ1n) is 15.3. The average molecular weight is 691 g/mol. The highest BCUT2D eigenvalue weighted by molar-refractivity contribution is 7.98. The zero-order valence-electron chi connectivity index (χ0n) is 26.7. The number of halogens is 1. The van der Waals surface area contributed by atoms with Gasteiger partial charge in [-0.05, 0) is 48.4 Å². The Hall–Kier alpha value is -4.72. The molecule has 1 unspecified atom stereocenters. The summed E-state index contributed by atoms with van der Waals surface area (Å²) in [4.78, 5) is 33.3. The number of amides is 2. The normalized spacial score (nSPS) is 15.8. The number of hydrogen-bond acceptors (Lipinski definition) is 10. The van der Waals surface area contributed by atoms with E-state index in [-0.39, 0.29) is 18.4 Å². The lowest BCUT2D eigenvalue weighted by Gasteiger charge is -2.29. The van der Waals surface area contributed by atoms with Gasteiger partial charge in [-0.25, -0.2) is 4.68 Å². The summed E-state index contributed by atoms with van der Waals surface area (Å²) in [7, 11) is 3.08. The van der Waals surface area contributed by atoms with E-state index in [0.717, 1.165) is 5.56 Å². The van der Waals surface area contributed by atoms with Gasteiger partial charge in [0.25, 0.3) is 11.8 Å². The number of benzene rings is 3. The number of nitrogens with one attached hydrogen (secondary N) is 2. The number of carbonyl (C=O) groups is 2. The van der Waals surface area contributed by atoms with E-state index >= 15 is 0 Å². The van der Waals surface area contributed by atoms with E-state index in [1.54, 1.807) is 41.0 Å². The van der Waals surface area contributed by atoms with Crippen molar-refractivity contribution in [1.29, 1.82) is 0 Å². The molecule has 2 aliphatic heterocycles. The zero-order valence-corrected chi connectivity index (χ0v) is 28.3. The van der Waals surface area contributed by atoms with Crippen LogP contribution in [0.1, 0.15) is 24.1 Å². The van der Waals surface area contributed by atoms with Gasteiger partial charge in [0, 0.05) is 29.6 Å². The fourth-order valence-corrected chi connectivity index (χ4v) is 6.62. The van der Waals surface area contributed by atoms with Crippen molar-refractivity contribution in [1.82, 2.24) is 19.7 Å². The van der Waals surface area contributed by atoms with Gasteiger partial charge in [-0.1, -0.05) is 59.8 Å². The van der Waals surface area contributed by atoms with E-state index < -0.39 is 6.04 Å². The first-order valence-corrected chi connectivity index (χ1v) is 16.6. The number of anilines is 2. The van der Waals surface area contributed by atoms with Gasteiger partial charge in [-0.15, -0.1) is 5.10 Å². The molecule has 3 heterocycles. The van der Waals surface area contributed by atoms with Crippen molar-refractivity contribution in [2.24, 2.45) is 0 Å². The molecule has 0 aliphatic carbocycles. The van der Waals surface area contributed by atoms with Crippen LogP contribution in [0.25, 0.3) is 0 Å². The number of methoxy groups -OCH3 is 2. The third-order valence-electron chi connectivity index (χ3n) is 7.97. The SMILES string of the molecule is COc1ccccc1NC(=O)C1=C(C)Nc2nc(SCc3ccccc3Cl)nn2C1c1ccc(OCC(=O)N2CCOCC2)c(OC)c1. The molecular weight excluding hydrogens is 656 g/mol. The van der Waals surface area contributed by atoms with E-state index in [2.05, 4.69) is 10.6 Å². The second kappa shape index (κ2) is 15.0. The quantitative estimate of drug-likeness (QED) is 0.197. The van der Waals surface area contributed by atoms with E-state index in [1.165, 1.54) is 18.9 Å². The Morgan fingerprint density at radius 1 is 1.02 bits per heavy atom. The van der Waals surface area contributed by atoms with Crippen molar-refractivity contribution in [2.75, 3.05) is 57.8 Å². The highest BCUT2D eigenvalue weighted by Crippen LogP contribution is 2.40. The van der Waals surface area contributed by atoms with Gasteiger partial charge >= 0.3 is 0 Å². The molecule has 14 heteroatoms. The number of fused-ring (bicyclic) bond motifs is 1. The summed E-state index contributed by atoms with van der Waals surface area (Å²) in [5.41, 5.74) is 3.19. The van der Waals surface area contributed by atoms with Gasteiger partial charge in [0.05, 0.1) is 38.7 Å².